The smallest absolute Gasteiger partial charge is 0.277 e. The van der Waals surface area contributed by atoms with Crippen molar-refractivity contribution in [2.75, 3.05) is 18.5 Å². The van der Waals surface area contributed by atoms with Gasteiger partial charge in [0, 0.05) is 18.3 Å². The quantitative estimate of drug-likeness (QED) is 0.805. The van der Waals surface area contributed by atoms with E-state index in [9.17, 15) is 9.59 Å². The summed E-state index contributed by atoms with van der Waals surface area (Å²) in [5.41, 5.74) is 2.75. The van der Waals surface area contributed by atoms with Crippen molar-refractivity contribution in [1.29, 1.82) is 0 Å². The zero-order chi connectivity index (χ0) is 16.6. The molecule has 2 N–H and O–H groups in total. The first-order valence-corrected chi connectivity index (χ1v) is 7.47. The Morgan fingerprint density at radius 1 is 1.30 bits per heavy atom. The summed E-state index contributed by atoms with van der Waals surface area (Å²) in [6.07, 6.45) is 1.25. The Bertz CT molecular complexity index is 822. The molecule has 2 heterocycles. The minimum absolute atomic E-state index is 0.00151. The lowest BCUT2D eigenvalue weighted by atomic mass is 10.2. The van der Waals surface area contributed by atoms with Gasteiger partial charge in [-0.05, 0) is 32.0 Å². The normalized spacial score (nSPS) is 14.7. The maximum Gasteiger partial charge on any atom is 0.277 e. The SMILES string of the molecule is CCn1c(C)nc2cc(NC3=CC(=O)N(CCO)C3=O)ccc21. The van der Waals surface area contributed by atoms with Crippen molar-refractivity contribution in [3.63, 3.8) is 0 Å². The molecule has 0 aliphatic carbocycles. The van der Waals surface area contributed by atoms with Crippen LogP contribution >= 0.6 is 0 Å². The summed E-state index contributed by atoms with van der Waals surface area (Å²) in [5.74, 6) is 0.0817. The van der Waals surface area contributed by atoms with Gasteiger partial charge < -0.3 is 15.0 Å². The predicted octanol–water partition coefficient (Wildman–Crippen LogP) is 1.02. The van der Waals surface area contributed by atoms with E-state index in [-0.39, 0.29) is 18.8 Å². The highest BCUT2D eigenvalue weighted by atomic mass is 16.3. The molecule has 0 fully saturated rings. The second-order valence-electron chi connectivity index (χ2n) is 5.31. The summed E-state index contributed by atoms with van der Waals surface area (Å²) in [6.45, 7) is 4.59. The number of aryl methyl sites for hydroxylation is 2. The number of aliphatic hydroxyl groups is 1. The summed E-state index contributed by atoms with van der Waals surface area (Å²) in [5, 5.41) is 11.9. The predicted molar refractivity (Wildman–Crippen MR) is 85.7 cm³/mol. The summed E-state index contributed by atoms with van der Waals surface area (Å²) >= 11 is 0. The van der Waals surface area contributed by atoms with E-state index in [4.69, 9.17) is 5.11 Å². The largest absolute Gasteiger partial charge is 0.395 e. The van der Waals surface area contributed by atoms with Gasteiger partial charge in [-0.25, -0.2) is 4.98 Å². The lowest BCUT2D eigenvalue weighted by molar-refractivity contribution is -0.137. The summed E-state index contributed by atoms with van der Waals surface area (Å²) in [7, 11) is 0. The molecule has 0 spiro atoms. The average molecular weight is 314 g/mol. The molecule has 1 aromatic carbocycles. The number of amides is 2. The number of carbonyl (C=O) groups excluding carboxylic acids is 2. The van der Waals surface area contributed by atoms with Gasteiger partial charge in [-0.3, -0.25) is 14.5 Å². The standard InChI is InChI=1S/C16H18N4O3/c1-3-19-10(2)17-12-8-11(4-5-14(12)19)18-13-9-15(22)20(6-7-21)16(13)23/h4-5,8-9,18,21H,3,6-7H2,1-2H3. The molecule has 120 valence electrons. The molecule has 0 atom stereocenters. The second-order valence-corrected chi connectivity index (χ2v) is 5.31. The lowest BCUT2D eigenvalue weighted by Gasteiger charge is -2.13. The van der Waals surface area contributed by atoms with Crippen LogP contribution in [0.25, 0.3) is 11.0 Å². The fourth-order valence-corrected chi connectivity index (χ4v) is 2.79. The van der Waals surface area contributed by atoms with E-state index in [2.05, 4.69) is 21.8 Å². The number of hydrogen-bond acceptors (Lipinski definition) is 5. The van der Waals surface area contributed by atoms with Gasteiger partial charge in [-0.15, -0.1) is 0 Å². The Kier molecular flexibility index (Phi) is 3.87. The molecule has 2 amide bonds. The number of benzene rings is 1. The van der Waals surface area contributed by atoms with Crippen molar-refractivity contribution in [2.24, 2.45) is 0 Å². The Hall–Kier alpha value is -2.67. The number of nitrogens with one attached hydrogen (secondary N) is 1. The fraction of sp³-hybridized carbons (Fsp3) is 0.312. The number of fused-ring (bicyclic) bond motifs is 1. The van der Waals surface area contributed by atoms with Crippen LogP contribution in [0.4, 0.5) is 5.69 Å². The molecule has 7 nitrogen and oxygen atoms in total. The van der Waals surface area contributed by atoms with Crippen LogP contribution < -0.4 is 5.32 Å². The van der Waals surface area contributed by atoms with Gasteiger partial charge in [0.05, 0.1) is 24.2 Å². The molecule has 0 bridgehead atoms. The number of β-amino-alcohol motifs (C(OH)–C–C–N with tert-alkyl or cyclic N) is 1. The zero-order valence-corrected chi connectivity index (χ0v) is 13.0. The Balaban J connectivity index is 1.86. The Morgan fingerprint density at radius 3 is 2.78 bits per heavy atom. The number of anilines is 1. The van der Waals surface area contributed by atoms with Crippen molar-refractivity contribution < 1.29 is 14.7 Å². The molecule has 0 radical (unpaired) electrons. The van der Waals surface area contributed by atoms with Crippen LogP contribution in [-0.2, 0) is 16.1 Å². The van der Waals surface area contributed by atoms with E-state index in [1.54, 1.807) is 0 Å². The molecule has 23 heavy (non-hydrogen) atoms. The molecule has 0 unspecified atom stereocenters. The first-order valence-electron chi connectivity index (χ1n) is 7.47. The van der Waals surface area contributed by atoms with E-state index in [0.29, 0.717) is 5.69 Å². The number of nitrogens with zero attached hydrogens (tertiary/aromatic N) is 3. The summed E-state index contributed by atoms with van der Waals surface area (Å²) < 4.78 is 2.10. The second kappa shape index (κ2) is 5.85. The van der Waals surface area contributed by atoms with Crippen molar-refractivity contribution >= 4 is 28.5 Å². The molecule has 2 aromatic rings. The maximum atomic E-state index is 12.1. The highest BCUT2D eigenvalue weighted by Crippen LogP contribution is 2.23. The summed E-state index contributed by atoms with van der Waals surface area (Å²) in [6, 6.07) is 5.64. The molecule has 1 aromatic heterocycles. The number of rotatable bonds is 5. The van der Waals surface area contributed by atoms with Crippen molar-refractivity contribution in [2.45, 2.75) is 20.4 Å². The topological polar surface area (TPSA) is 87.5 Å². The minimum atomic E-state index is -0.431. The number of imidazole rings is 1. The molecule has 1 aliphatic heterocycles. The highest BCUT2D eigenvalue weighted by Gasteiger charge is 2.30. The van der Waals surface area contributed by atoms with Gasteiger partial charge in [0.2, 0.25) is 0 Å². The van der Waals surface area contributed by atoms with Gasteiger partial charge >= 0.3 is 0 Å². The van der Waals surface area contributed by atoms with E-state index in [0.717, 1.165) is 28.3 Å². The van der Waals surface area contributed by atoms with Gasteiger partial charge in [-0.2, -0.15) is 0 Å². The molecule has 1 aliphatic rings. The van der Waals surface area contributed by atoms with Crippen LogP contribution in [0.2, 0.25) is 0 Å². The van der Waals surface area contributed by atoms with Crippen LogP contribution in [0.3, 0.4) is 0 Å². The first kappa shape index (κ1) is 15.2. The Morgan fingerprint density at radius 2 is 2.09 bits per heavy atom. The van der Waals surface area contributed by atoms with Crippen LogP contribution in [0.1, 0.15) is 12.7 Å². The highest BCUT2D eigenvalue weighted by molar-refractivity contribution is 6.17. The minimum Gasteiger partial charge on any atom is -0.395 e. The third kappa shape index (κ3) is 2.59. The molecule has 0 saturated carbocycles. The van der Waals surface area contributed by atoms with Gasteiger partial charge in [0.1, 0.15) is 11.5 Å². The third-order valence-electron chi connectivity index (χ3n) is 3.87. The Labute approximate surface area is 133 Å². The van der Waals surface area contributed by atoms with Crippen LogP contribution in [0.5, 0.6) is 0 Å². The van der Waals surface area contributed by atoms with Crippen LogP contribution in [-0.4, -0.2) is 44.5 Å². The van der Waals surface area contributed by atoms with E-state index >= 15 is 0 Å². The monoisotopic (exact) mass is 314 g/mol. The molecule has 0 saturated heterocycles. The van der Waals surface area contributed by atoms with Crippen molar-refractivity contribution in [3.05, 3.63) is 35.8 Å². The van der Waals surface area contributed by atoms with Crippen molar-refractivity contribution in [1.82, 2.24) is 14.5 Å². The first-order chi connectivity index (χ1) is 11.0. The van der Waals surface area contributed by atoms with Crippen molar-refractivity contribution in [3.8, 4) is 0 Å². The van der Waals surface area contributed by atoms with Crippen LogP contribution in [0, 0.1) is 6.92 Å². The van der Waals surface area contributed by atoms with Crippen LogP contribution in [0.15, 0.2) is 30.0 Å². The number of imide groups is 1. The fourth-order valence-electron chi connectivity index (χ4n) is 2.79. The molecular weight excluding hydrogens is 296 g/mol. The molecule has 7 heteroatoms. The number of carbonyl (C=O) groups is 2. The lowest BCUT2D eigenvalue weighted by Crippen LogP contribution is -2.34. The molecular formula is C16H18N4O3. The van der Waals surface area contributed by atoms with E-state index in [1.165, 1.54) is 6.08 Å². The zero-order valence-electron chi connectivity index (χ0n) is 13.0. The number of hydrogen-bond donors (Lipinski definition) is 2. The summed E-state index contributed by atoms with van der Waals surface area (Å²) in [4.78, 5) is 29.4. The third-order valence-corrected chi connectivity index (χ3v) is 3.87. The van der Waals surface area contributed by atoms with Gasteiger partial charge in [0.15, 0.2) is 0 Å². The number of aliphatic hydroxyl groups excluding tert-OH is 1. The number of aromatic nitrogens is 2. The van der Waals surface area contributed by atoms with E-state index in [1.807, 2.05) is 25.1 Å². The van der Waals surface area contributed by atoms with Gasteiger partial charge in [0.25, 0.3) is 11.8 Å². The average Bonchev–Trinajstić information content (AvgIpc) is 2.97. The molecule has 3 rings (SSSR count). The van der Waals surface area contributed by atoms with E-state index < -0.39 is 11.8 Å². The van der Waals surface area contributed by atoms with Gasteiger partial charge in [-0.1, -0.05) is 0 Å². The maximum absolute atomic E-state index is 12.1.